The molecule has 0 atom stereocenters. The van der Waals surface area contributed by atoms with Crippen molar-refractivity contribution in [1.29, 1.82) is 0 Å². The van der Waals surface area contributed by atoms with Crippen LogP contribution in [0, 0.1) is 6.92 Å². The van der Waals surface area contributed by atoms with E-state index in [0.717, 1.165) is 6.42 Å². The summed E-state index contributed by atoms with van der Waals surface area (Å²) < 4.78 is 0. The molecule has 0 aliphatic heterocycles. The van der Waals surface area contributed by atoms with Crippen LogP contribution >= 0.6 is 0 Å². The molecule has 0 spiro atoms. The average Bonchev–Trinajstić information content (AvgIpc) is 2.15. The summed E-state index contributed by atoms with van der Waals surface area (Å²) in [4.78, 5) is 0. The van der Waals surface area contributed by atoms with Crippen LogP contribution in [0.15, 0.2) is 0 Å². The Morgan fingerprint density at radius 1 is 0.846 bits per heavy atom. The van der Waals surface area contributed by atoms with Crippen molar-refractivity contribution in [2.75, 3.05) is 0 Å². The van der Waals surface area contributed by atoms with Crippen molar-refractivity contribution in [3.8, 4) is 0 Å². The molecule has 0 unspecified atom stereocenters. The third-order valence-corrected chi connectivity index (χ3v) is 2.06. The van der Waals surface area contributed by atoms with Crippen molar-refractivity contribution < 1.29 is 0 Å². The fraction of sp³-hybridized carbons (Fsp3) is 0.917. The van der Waals surface area contributed by atoms with E-state index in [0.29, 0.717) is 0 Å². The van der Waals surface area contributed by atoms with Gasteiger partial charge in [-0.15, -0.1) is 0 Å². The Kier molecular flexibility index (Phi) is 22.7. The van der Waals surface area contributed by atoms with Gasteiger partial charge in [0.25, 0.3) is 0 Å². The number of unbranched alkanes of at least 4 members (excludes halogenated alkanes) is 6. The summed E-state index contributed by atoms with van der Waals surface area (Å²) in [6, 6.07) is 0. The Bertz CT molecular complexity index is 54.1. The first kappa shape index (κ1) is 16.0. The van der Waals surface area contributed by atoms with Crippen LogP contribution in [0.3, 0.4) is 0 Å². The van der Waals surface area contributed by atoms with Gasteiger partial charge in [-0.25, -0.2) is 0 Å². The van der Waals surface area contributed by atoms with E-state index >= 15 is 0 Å². The van der Waals surface area contributed by atoms with Gasteiger partial charge in [0.05, 0.1) is 0 Å². The van der Waals surface area contributed by atoms with E-state index in [1.165, 1.54) is 50.0 Å². The van der Waals surface area contributed by atoms with Gasteiger partial charge in [-0.1, -0.05) is 52.4 Å². The Labute approximate surface area is 95.1 Å². The fourth-order valence-electron chi connectivity index (χ4n) is 1.13. The van der Waals surface area contributed by atoms with Crippen LogP contribution in [-0.4, -0.2) is 17.7 Å². The summed E-state index contributed by atoms with van der Waals surface area (Å²) in [5.74, 6) is 0. The summed E-state index contributed by atoms with van der Waals surface area (Å²) in [6.07, 6.45) is 10.7. The van der Waals surface area contributed by atoms with Crippen LogP contribution in [0.2, 0.25) is 5.09 Å². The van der Waals surface area contributed by atoms with Crippen LogP contribution in [0.25, 0.3) is 0 Å². The van der Waals surface area contributed by atoms with E-state index in [1.54, 1.807) is 0 Å². The molecule has 1 radical (unpaired) electrons. The molecule has 0 saturated heterocycles. The van der Waals surface area contributed by atoms with Gasteiger partial charge in [-0.05, 0) is 0 Å². The Hall–Kier alpha value is 0.597. The average molecular weight is 177 g/mol. The van der Waals surface area contributed by atoms with Gasteiger partial charge in [0.15, 0.2) is 0 Å². The first-order valence-corrected chi connectivity index (χ1v) is 6.12. The summed E-state index contributed by atoms with van der Waals surface area (Å²) in [5.41, 5.74) is 0. The van der Waals surface area contributed by atoms with Crippen molar-refractivity contribution in [3.63, 3.8) is 0 Å². The molecule has 0 aromatic carbocycles. The maximum absolute atomic E-state index is 3.78. The predicted octanol–water partition coefficient (Wildman–Crippen LogP) is 4.55. The molecule has 75 valence electrons. The molecule has 13 heavy (non-hydrogen) atoms. The monoisotopic (exact) mass is 177 g/mol. The Balaban J connectivity index is 0. The fourth-order valence-corrected chi connectivity index (χ4v) is 1.13. The Morgan fingerprint density at radius 2 is 1.38 bits per heavy atom. The molecule has 0 N–H and O–H groups in total. The van der Waals surface area contributed by atoms with Gasteiger partial charge in [-0.3, -0.25) is 0 Å². The normalized spacial score (nSPS) is 9.31. The van der Waals surface area contributed by atoms with Crippen molar-refractivity contribution >= 4 is 17.7 Å². The molecule has 0 rings (SSSR count). The number of rotatable bonds is 7. The molecule has 0 aliphatic carbocycles. The van der Waals surface area contributed by atoms with Gasteiger partial charge >= 0.3 is 42.6 Å². The molecule has 0 aliphatic rings. The SMILES string of the molecule is [CH2]CCCCCCC.[Li][CH2]CCC. The van der Waals surface area contributed by atoms with E-state index in [1.807, 2.05) is 0 Å². The van der Waals surface area contributed by atoms with Gasteiger partial charge in [-0.2, -0.15) is 0 Å². The third kappa shape index (κ3) is 24.5. The van der Waals surface area contributed by atoms with Crippen molar-refractivity contribution in [2.24, 2.45) is 0 Å². The van der Waals surface area contributed by atoms with Crippen molar-refractivity contribution in [1.82, 2.24) is 0 Å². The zero-order valence-corrected chi connectivity index (χ0v) is 10.1. The molecule has 0 aromatic rings. The standard InChI is InChI=1S/C8H17.C4H9.Li/c1-3-5-7-8-6-4-2;1-3-4-2;/h1,3-8H2,2H3;1,3-4H2,2H3;. The van der Waals surface area contributed by atoms with Gasteiger partial charge < -0.3 is 0 Å². The van der Waals surface area contributed by atoms with E-state index in [4.69, 9.17) is 0 Å². The van der Waals surface area contributed by atoms with Crippen molar-refractivity contribution in [3.05, 3.63) is 6.92 Å². The third-order valence-electron chi connectivity index (χ3n) is 2.06. The van der Waals surface area contributed by atoms with E-state index in [-0.39, 0.29) is 0 Å². The topological polar surface area (TPSA) is 0 Å². The first-order valence-electron chi connectivity index (χ1n) is 6.12. The molecular weight excluding hydrogens is 151 g/mol. The molecule has 0 aromatic heterocycles. The summed E-state index contributed by atoms with van der Waals surface area (Å²) in [7, 11) is 0. The minimum atomic E-state index is 1.11. The van der Waals surface area contributed by atoms with Crippen molar-refractivity contribution in [2.45, 2.75) is 70.3 Å². The van der Waals surface area contributed by atoms with Crippen LogP contribution in [0.4, 0.5) is 0 Å². The van der Waals surface area contributed by atoms with Crippen LogP contribution in [0.5, 0.6) is 0 Å². The molecule has 0 fully saturated rings. The number of hydrogen-bond donors (Lipinski definition) is 0. The van der Waals surface area contributed by atoms with Gasteiger partial charge in [0.1, 0.15) is 0 Å². The summed E-state index contributed by atoms with van der Waals surface area (Å²) in [6.45, 7) is 8.24. The second-order valence-electron chi connectivity index (χ2n) is 3.62. The molecule has 1 heteroatoms. The van der Waals surface area contributed by atoms with E-state index < -0.39 is 0 Å². The molecule has 0 saturated carbocycles. The molecule has 0 amide bonds. The van der Waals surface area contributed by atoms with E-state index in [2.05, 4.69) is 38.5 Å². The van der Waals surface area contributed by atoms with E-state index in [9.17, 15) is 0 Å². The zero-order chi connectivity index (χ0) is 10.4. The second kappa shape index (κ2) is 18.4. The van der Waals surface area contributed by atoms with Crippen LogP contribution in [-0.2, 0) is 0 Å². The minimum absolute atomic E-state index is 1.11. The van der Waals surface area contributed by atoms with Gasteiger partial charge in [0, 0.05) is 0 Å². The Morgan fingerprint density at radius 3 is 1.69 bits per heavy atom. The van der Waals surface area contributed by atoms with Gasteiger partial charge in [0.2, 0.25) is 0 Å². The second-order valence-corrected chi connectivity index (χ2v) is 3.62. The molecule has 0 nitrogen and oxygen atoms in total. The quantitative estimate of drug-likeness (QED) is 0.395. The maximum atomic E-state index is 3.78. The predicted molar refractivity (Wildman–Crippen MR) is 64.2 cm³/mol. The molecular formula is C12H26Li. The summed E-state index contributed by atoms with van der Waals surface area (Å²) in [5, 5.41) is 1.34. The van der Waals surface area contributed by atoms with Crippen LogP contribution < -0.4 is 0 Å². The molecule has 0 bridgehead atoms. The summed E-state index contributed by atoms with van der Waals surface area (Å²) >= 11 is 2.21. The number of hydrogen-bond acceptors (Lipinski definition) is 0. The zero-order valence-electron chi connectivity index (χ0n) is 10.1. The first-order chi connectivity index (χ1) is 6.33. The van der Waals surface area contributed by atoms with Crippen LogP contribution in [0.1, 0.15) is 65.2 Å². The molecule has 0 heterocycles.